The van der Waals surface area contributed by atoms with Crippen molar-refractivity contribution in [2.75, 3.05) is 13.2 Å². The monoisotopic (exact) mass is 749 g/mol. The van der Waals surface area contributed by atoms with Crippen molar-refractivity contribution < 1.29 is 37.9 Å². The Balaban J connectivity index is 3.97. The van der Waals surface area contributed by atoms with Crippen LogP contribution in [-0.4, -0.2) is 41.0 Å². The molecular weight excluding hydrogens is 675 g/mol. The minimum Gasteiger partial charge on any atom is -0.462 e. The highest BCUT2D eigenvalue weighted by Crippen LogP contribution is 2.36. The molecule has 0 aromatic heterocycles. The maximum Gasteiger partial charge on any atom is 0.469 e. The molecule has 1 atom stereocenters. The summed E-state index contributed by atoms with van der Waals surface area (Å²) < 4.78 is 26.4. The molecule has 2 N–H and O–H groups in total. The molecule has 0 aromatic carbocycles. The Morgan fingerprint density at radius 2 is 0.865 bits per heavy atom. The zero-order valence-corrected chi connectivity index (χ0v) is 33.6. The molecule has 0 saturated carbocycles. The third-order valence-corrected chi connectivity index (χ3v) is 8.71. The largest absolute Gasteiger partial charge is 0.469 e. The first-order valence-corrected chi connectivity index (χ1v) is 21.8. The second-order valence-electron chi connectivity index (χ2n) is 13.2. The number of carbonyl (C=O) groups is 2. The van der Waals surface area contributed by atoms with E-state index in [1.54, 1.807) is 0 Å². The summed E-state index contributed by atoms with van der Waals surface area (Å²) in [4.78, 5) is 42.8. The van der Waals surface area contributed by atoms with Gasteiger partial charge in [0.25, 0.3) is 0 Å². The van der Waals surface area contributed by atoms with E-state index < -0.39 is 32.5 Å². The fourth-order valence-electron chi connectivity index (χ4n) is 5.28. The van der Waals surface area contributed by atoms with E-state index in [4.69, 9.17) is 19.3 Å². The SMILES string of the molecule is CC/C=C\C/C=C\C/C=C\CCCCCCCCCC(=O)OCC(COP(=O)(O)O)OC(=O)CCCCCCCCC/C=C\C/C=C\C/C=C\CC. The number of phosphoric ester groups is 1. The molecule has 0 radical (unpaired) electrons. The highest BCUT2D eigenvalue weighted by atomic mass is 31.2. The van der Waals surface area contributed by atoms with Gasteiger partial charge in [-0.25, -0.2) is 4.57 Å². The number of allylic oxidation sites excluding steroid dienone is 12. The Kier molecular flexibility index (Phi) is 36.4. The van der Waals surface area contributed by atoms with Crippen LogP contribution >= 0.6 is 7.82 Å². The van der Waals surface area contributed by atoms with Crippen molar-refractivity contribution in [3.63, 3.8) is 0 Å². The Hall–Kier alpha value is -2.51. The number of unbranched alkanes of at least 4 members (excludes halogenated alkanes) is 14. The molecule has 298 valence electrons. The first-order chi connectivity index (χ1) is 25.3. The summed E-state index contributed by atoms with van der Waals surface area (Å²) in [6, 6.07) is 0. The smallest absolute Gasteiger partial charge is 0.462 e. The van der Waals surface area contributed by atoms with Crippen molar-refractivity contribution in [2.45, 2.75) is 174 Å². The molecule has 0 rings (SSSR count). The number of hydrogen-bond acceptors (Lipinski definition) is 6. The van der Waals surface area contributed by atoms with Crippen molar-refractivity contribution in [1.82, 2.24) is 0 Å². The van der Waals surface area contributed by atoms with Gasteiger partial charge in [-0.05, 0) is 77.0 Å². The standard InChI is InChI=1S/C43H73O8P/c1-3-5-7-9-11-13-15-17-19-21-23-25-27-29-31-33-35-37-42(44)49-39-41(40-50-52(46,47)48)51-43(45)38-36-34-32-30-28-26-24-22-20-18-16-14-12-10-8-6-4-2/h5-8,11-14,17-20,41H,3-4,9-10,15-16,21-40H2,1-2H3,(H2,46,47,48)/b7-5-,8-6-,13-11-,14-12-,19-17-,20-18-. The van der Waals surface area contributed by atoms with Gasteiger partial charge < -0.3 is 19.3 Å². The predicted molar refractivity (Wildman–Crippen MR) is 216 cm³/mol. The van der Waals surface area contributed by atoms with Crippen molar-refractivity contribution in [3.8, 4) is 0 Å². The van der Waals surface area contributed by atoms with E-state index in [0.717, 1.165) is 89.9 Å². The van der Waals surface area contributed by atoms with Gasteiger partial charge in [0.05, 0.1) is 6.61 Å². The molecule has 0 heterocycles. The van der Waals surface area contributed by atoms with Crippen LogP contribution in [0.1, 0.15) is 168 Å². The third kappa shape index (κ3) is 40.3. The normalized spacial score (nSPS) is 13.2. The maximum absolute atomic E-state index is 12.4. The Morgan fingerprint density at radius 1 is 0.500 bits per heavy atom. The van der Waals surface area contributed by atoms with E-state index in [9.17, 15) is 14.2 Å². The van der Waals surface area contributed by atoms with Crippen LogP contribution in [0, 0.1) is 0 Å². The summed E-state index contributed by atoms with van der Waals surface area (Å²) in [5, 5.41) is 0. The zero-order chi connectivity index (χ0) is 38.2. The van der Waals surface area contributed by atoms with Gasteiger partial charge in [0.15, 0.2) is 6.10 Å². The molecule has 0 aliphatic rings. The molecule has 9 heteroatoms. The van der Waals surface area contributed by atoms with Crippen LogP contribution in [-0.2, 0) is 28.2 Å². The van der Waals surface area contributed by atoms with Crippen molar-refractivity contribution in [1.29, 1.82) is 0 Å². The second kappa shape index (κ2) is 38.2. The van der Waals surface area contributed by atoms with Gasteiger partial charge >= 0.3 is 19.8 Å². The molecule has 8 nitrogen and oxygen atoms in total. The van der Waals surface area contributed by atoms with E-state index in [1.165, 1.54) is 38.5 Å². The predicted octanol–water partition coefficient (Wildman–Crippen LogP) is 12.3. The van der Waals surface area contributed by atoms with E-state index >= 15 is 0 Å². The highest BCUT2D eigenvalue weighted by Gasteiger charge is 2.22. The summed E-state index contributed by atoms with van der Waals surface area (Å²) in [7, 11) is -4.76. The lowest BCUT2D eigenvalue weighted by Crippen LogP contribution is -2.29. The average Bonchev–Trinajstić information content (AvgIpc) is 3.11. The molecule has 1 unspecified atom stereocenters. The van der Waals surface area contributed by atoms with Crippen LogP contribution in [0.15, 0.2) is 72.9 Å². The van der Waals surface area contributed by atoms with Gasteiger partial charge in [-0.1, -0.05) is 151 Å². The summed E-state index contributed by atoms with van der Waals surface area (Å²) in [5.74, 6) is -0.913. The molecule has 52 heavy (non-hydrogen) atoms. The molecule has 0 fully saturated rings. The molecule has 0 spiro atoms. The molecule has 0 amide bonds. The lowest BCUT2D eigenvalue weighted by atomic mass is 10.1. The first-order valence-electron chi connectivity index (χ1n) is 20.2. The van der Waals surface area contributed by atoms with Gasteiger partial charge in [0.2, 0.25) is 0 Å². The number of ether oxygens (including phenoxy) is 2. The van der Waals surface area contributed by atoms with Gasteiger partial charge in [-0.15, -0.1) is 0 Å². The summed E-state index contributed by atoms with van der Waals surface area (Å²) >= 11 is 0. The minimum atomic E-state index is -4.76. The molecule has 0 aliphatic carbocycles. The number of phosphoric acid groups is 1. The molecule has 0 aromatic rings. The van der Waals surface area contributed by atoms with Gasteiger partial charge in [0, 0.05) is 12.8 Å². The topological polar surface area (TPSA) is 119 Å². The van der Waals surface area contributed by atoms with Crippen molar-refractivity contribution >= 4 is 19.8 Å². The molecule has 0 aliphatic heterocycles. The van der Waals surface area contributed by atoms with E-state index in [1.807, 2.05) is 0 Å². The van der Waals surface area contributed by atoms with Crippen LogP contribution in [0.5, 0.6) is 0 Å². The van der Waals surface area contributed by atoms with Crippen LogP contribution < -0.4 is 0 Å². The number of rotatable bonds is 36. The van der Waals surface area contributed by atoms with E-state index in [0.29, 0.717) is 12.8 Å². The average molecular weight is 749 g/mol. The van der Waals surface area contributed by atoms with Crippen molar-refractivity contribution in [2.24, 2.45) is 0 Å². The van der Waals surface area contributed by atoms with E-state index in [-0.39, 0.29) is 19.4 Å². The third-order valence-electron chi connectivity index (χ3n) is 8.22. The first kappa shape index (κ1) is 49.5. The molecule has 0 saturated heterocycles. The number of esters is 2. The fraction of sp³-hybridized carbons (Fsp3) is 0.674. The molecule has 0 bridgehead atoms. The highest BCUT2D eigenvalue weighted by molar-refractivity contribution is 7.46. The minimum absolute atomic E-state index is 0.195. The summed E-state index contributed by atoms with van der Waals surface area (Å²) in [6.07, 6.45) is 49.0. The van der Waals surface area contributed by atoms with Crippen LogP contribution in [0.3, 0.4) is 0 Å². The number of carbonyl (C=O) groups excluding carboxylic acids is 2. The van der Waals surface area contributed by atoms with Crippen LogP contribution in [0.4, 0.5) is 0 Å². The summed E-state index contributed by atoms with van der Waals surface area (Å²) in [5.41, 5.74) is 0. The zero-order valence-electron chi connectivity index (χ0n) is 32.7. The van der Waals surface area contributed by atoms with Crippen molar-refractivity contribution in [3.05, 3.63) is 72.9 Å². The fourth-order valence-corrected chi connectivity index (χ4v) is 5.64. The molecular formula is C43H73O8P. The Morgan fingerprint density at radius 3 is 1.29 bits per heavy atom. The van der Waals surface area contributed by atoms with Gasteiger partial charge in [-0.3, -0.25) is 14.1 Å². The Labute approximate surface area is 317 Å². The summed E-state index contributed by atoms with van der Waals surface area (Å²) in [6.45, 7) is 3.44. The Bertz CT molecular complexity index is 1070. The van der Waals surface area contributed by atoms with Gasteiger partial charge in [0.1, 0.15) is 6.61 Å². The lowest BCUT2D eigenvalue weighted by molar-refractivity contribution is -0.161. The maximum atomic E-state index is 12.4. The van der Waals surface area contributed by atoms with Crippen LogP contribution in [0.25, 0.3) is 0 Å². The second-order valence-corrected chi connectivity index (χ2v) is 14.4. The number of hydrogen-bond donors (Lipinski definition) is 2. The van der Waals surface area contributed by atoms with Crippen LogP contribution in [0.2, 0.25) is 0 Å². The van der Waals surface area contributed by atoms with Gasteiger partial charge in [-0.2, -0.15) is 0 Å². The lowest BCUT2D eigenvalue weighted by Gasteiger charge is -2.18. The van der Waals surface area contributed by atoms with E-state index in [2.05, 4.69) is 91.3 Å². The quantitative estimate of drug-likeness (QED) is 0.0281.